The van der Waals surface area contributed by atoms with Crippen LogP contribution in [0.1, 0.15) is 32.6 Å². The van der Waals surface area contributed by atoms with Crippen molar-refractivity contribution in [1.29, 1.82) is 0 Å². The first-order valence-corrected chi connectivity index (χ1v) is 7.53. The molecule has 0 aliphatic heterocycles. The molecule has 1 aliphatic carbocycles. The molecule has 1 fully saturated rings. The summed E-state index contributed by atoms with van der Waals surface area (Å²) >= 11 is 0. The molecule has 2 atom stereocenters. The van der Waals surface area contributed by atoms with Crippen LogP contribution in [0.25, 0.3) is 10.8 Å². The fourth-order valence-corrected chi connectivity index (χ4v) is 3.55. The van der Waals surface area contributed by atoms with Gasteiger partial charge in [-0.25, -0.2) is 0 Å². The molecule has 1 aromatic carbocycles. The molecule has 0 saturated heterocycles. The van der Waals surface area contributed by atoms with Gasteiger partial charge in [0.25, 0.3) is 0 Å². The Kier molecular flexibility index (Phi) is 3.51. The van der Waals surface area contributed by atoms with Gasteiger partial charge in [0.15, 0.2) is 0 Å². The van der Waals surface area contributed by atoms with E-state index in [1.54, 1.807) is 0 Å². The summed E-state index contributed by atoms with van der Waals surface area (Å²) in [6, 6.07) is 6.86. The molecule has 3 rings (SSSR count). The second-order valence-corrected chi connectivity index (χ2v) is 6.04. The van der Waals surface area contributed by atoms with Gasteiger partial charge in [0, 0.05) is 47.6 Å². The topological polar surface area (TPSA) is 42.1 Å². The molecular weight excluding hydrogens is 246 g/mol. The van der Waals surface area contributed by atoms with Gasteiger partial charge < -0.3 is 10.6 Å². The van der Waals surface area contributed by atoms with E-state index in [2.05, 4.69) is 36.0 Å². The molecule has 0 bridgehead atoms. The lowest BCUT2D eigenvalue weighted by Crippen LogP contribution is -2.39. The molecule has 3 nitrogen and oxygen atoms in total. The summed E-state index contributed by atoms with van der Waals surface area (Å²) in [5.74, 6) is 0.753. The largest absolute Gasteiger partial charge is 0.398 e. The number of anilines is 2. The van der Waals surface area contributed by atoms with Crippen LogP contribution >= 0.6 is 0 Å². The quantitative estimate of drug-likeness (QED) is 0.842. The number of hydrogen-bond acceptors (Lipinski definition) is 3. The first-order chi connectivity index (χ1) is 9.68. The van der Waals surface area contributed by atoms with Gasteiger partial charge in [0.1, 0.15) is 0 Å². The summed E-state index contributed by atoms with van der Waals surface area (Å²) in [5.41, 5.74) is 8.15. The van der Waals surface area contributed by atoms with E-state index in [1.165, 1.54) is 36.8 Å². The van der Waals surface area contributed by atoms with E-state index < -0.39 is 0 Å². The van der Waals surface area contributed by atoms with E-state index in [4.69, 9.17) is 5.73 Å². The lowest BCUT2D eigenvalue weighted by atomic mass is 9.84. The summed E-state index contributed by atoms with van der Waals surface area (Å²) in [6.45, 7) is 2.38. The molecule has 0 spiro atoms. The van der Waals surface area contributed by atoms with Crippen molar-refractivity contribution in [2.45, 2.75) is 38.6 Å². The third kappa shape index (κ3) is 2.21. The number of nitrogen functional groups attached to an aromatic ring is 1. The molecule has 106 valence electrons. The van der Waals surface area contributed by atoms with E-state index in [0.29, 0.717) is 6.04 Å². The van der Waals surface area contributed by atoms with Crippen LogP contribution in [0, 0.1) is 5.92 Å². The van der Waals surface area contributed by atoms with Gasteiger partial charge in [0.05, 0.1) is 0 Å². The maximum absolute atomic E-state index is 6.07. The highest BCUT2D eigenvalue weighted by Gasteiger charge is 2.26. The van der Waals surface area contributed by atoms with Crippen LogP contribution in [-0.4, -0.2) is 18.1 Å². The molecular formula is C17H23N3. The lowest BCUT2D eigenvalue weighted by molar-refractivity contribution is 0.322. The summed E-state index contributed by atoms with van der Waals surface area (Å²) in [4.78, 5) is 6.65. The summed E-state index contributed by atoms with van der Waals surface area (Å²) in [5, 5.41) is 2.26. The zero-order valence-corrected chi connectivity index (χ0v) is 12.3. The van der Waals surface area contributed by atoms with E-state index in [1.807, 2.05) is 18.5 Å². The first-order valence-electron chi connectivity index (χ1n) is 7.53. The number of fused-ring (bicyclic) bond motifs is 1. The van der Waals surface area contributed by atoms with Crippen molar-refractivity contribution in [2.24, 2.45) is 5.92 Å². The number of hydrogen-bond donors (Lipinski definition) is 1. The van der Waals surface area contributed by atoms with Gasteiger partial charge in [-0.15, -0.1) is 0 Å². The minimum absolute atomic E-state index is 0.628. The third-order valence-corrected chi connectivity index (χ3v) is 4.77. The number of nitrogens with two attached hydrogens (primary N) is 1. The van der Waals surface area contributed by atoms with E-state index in [0.717, 1.165) is 17.0 Å². The van der Waals surface area contributed by atoms with Crippen LogP contribution in [0.3, 0.4) is 0 Å². The van der Waals surface area contributed by atoms with Crippen LogP contribution in [0.15, 0.2) is 30.6 Å². The van der Waals surface area contributed by atoms with Gasteiger partial charge in [-0.05, 0) is 37.0 Å². The molecule has 0 radical (unpaired) electrons. The zero-order valence-electron chi connectivity index (χ0n) is 12.3. The molecule has 1 aromatic heterocycles. The van der Waals surface area contributed by atoms with Crippen molar-refractivity contribution in [3.63, 3.8) is 0 Å². The predicted molar refractivity (Wildman–Crippen MR) is 86.0 cm³/mol. The highest BCUT2D eigenvalue weighted by atomic mass is 15.1. The molecule has 1 heterocycles. The number of benzene rings is 1. The molecule has 2 unspecified atom stereocenters. The van der Waals surface area contributed by atoms with Crippen molar-refractivity contribution in [3.05, 3.63) is 30.6 Å². The molecule has 0 amide bonds. The summed E-state index contributed by atoms with van der Waals surface area (Å²) in [6.07, 6.45) is 9.06. The highest BCUT2D eigenvalue weighted by molar-refractivity contribution is 6.00. The Balaban J connectivity index is 2.03. The fourth-order valence-electron chi connectivity index (χ4n) is 3.55. The Morgan fingerprint density at radius 2 is 1.95 bits per heavy atom. The second-order valence-electron chi connectivity index (χ2n) is 6.04. The Hall–Kier alpha value is -1.77. The average Bonchev–Trinajstić information content (AvgIpc) is 2.48. The minimum atomic E-state index is 0.628. The molecule has 1 aliphatic rings. The molecule has 2 N–H and O–H groups in total. The van der Waals surface area contributed by atoms with Crippen molar-refractivity contribution in [1.82, 2.24) is 4.98 Å². The Labute approximate surface area is 120 Å². The van der Waals surface area contributed by atoms with Crippen molar-refractivity contribution < 1.29 is 0 Å². The number of aromatic nitrogens is 1. The van der Waals surface area contributed by atoms with Crippen molar-refractivity contribution >= 4 is 22.1 Å². The van der Waals surface area contributed by atoms with Gasteiger partial charge in [0.2, 0.25) is 0 Å². The second kappa shape index (κ2) is 5.31. The van der Waals surface area contributed by atoms with Crippen LogP contribution in [0.4, 0.5) is 11.4 Å². The monoisotopic (exact) mass is 269 g/mol. The standard InChI is InChI=1S/C17H23N3/c1-12-5-3-4-6-16(12)20(2)17-8-7-15(18)14-11-19-10-9-13(14)17/h7-12,16H,3-6,18H2,1-2H3. The average molecular weight is 269 g/mol. The first kappa shape index (κ1) is 13.2. The van der Waals surface area contributed by atoms with Crippen molar-refractivity contribution in [3.8, 4) is 0 Å². The number of nitrogens with zero attached hydrogens (tertiary/aromatic N) is 2. The normalized spacial score (nSPS) is 22.9. The summed E-state index contributed by atoms with van der Waals surface area (Å²) in [7, 11) is 2.22. The Bertz CT molecular complexity index is 608. The lowest BCUT2D eigenvalue weighted by Gasteiger charge is -2.38. The van der Waals surface area contributed by atoms with Crippen LogP contribution < -0.4 is 10.6 Å². The van der Waals surface area contributed by atoms with Crippen molar-refractivity contribution in [2.75, 3.05) is 17.7 Å². The molecule has 1 saturated carbocycles. The zero-order chi connectivity index (χ0) is 14.1. The Morgan fingerprint density at radius 3 is 2.75 bits per heavy atom. The van der Waals surface area contributed by atoms with E-state index >= 15 is 0 Å². The van der Waals surface area contributed by atoms with Crippen LogP contribution in [-0.2, 0) is 0 Å². The third-order valence-electron chi connectivity index (χ3n) is 4.77. The maximum atomic E-state index is 6.07. The van der Waals surface area contributed by atoms with Gasteiger partial charge in [-0.2, -0.15) is 0 Å². The smallest absolute Gasteiger partial charge is 0.0448 e. The van der Waals surface area contributed by atoms with E-state index in [9.17, 15) is 0 Å². The van der Waals surface area contributed by atoms with E-state index in [-0.39, 0.29) is 0 Å². The number of rotatable bonds is 2. The Morgan fingerprint density at radius 1 is 1.15 bits per heavy atom. The van der Waals surface area contributed by atoms with Crippen LogP contribution in [0.5, 0.6) is 0 Å². The van der Waals surface area contributed by atoms with Gasteiger partial charge in [-0.1, -0.05) is 19.8 Å². The minimum Gasteiger partial charge on any atom is -0.398 e. The SMILES string of the molecule is CC1CCCCC1N(C)c1ccc(N)c2cnccc12. The summed E-state index contributed by atoms with van der Waals surface area (Å²) < 4.78 is 0. The van der Waals surface area contributed by atoms with Crippen LogP contribution in [0.2, 0.25) is 0 Å². The number of pyridine rings is 1. The molecule has 3 heteroatoms. The predicted octanol–water partition coefficient (Wildman–Crippen LogP) is 3.83. The van der Waals surface area contributed by atoms with Gasteiger partial charge in [-0.3, -0.25) is 4.98 Å². The molecule has 2 aromatic rings. The maximum Gasteiger partial charge on any atom is 0.0448 e. The molecule has 20 heavy (non-hydrogen) atoms. The highest BCUT2D eigenvalue weighted by Crippen LogP contribution is 2.35. The van der Waals surface area contributed by atoms with Gasteiger partial charge >= 0.3 is 0 Å². The fraction of sp³-hybridized carbons (Fsp3) is 0.471.